The van der Waals surface area contributed by atoms with Crippen LogP contribution in [-0.4, -0.2) is 28.6 Å². The van der Waals surface area contributed by atoms with Gasteiger partial charge in [0.05, 0.1) is 5.56 Å². The average molecular weight is 351 g/mol. The van der Waals surface area contributed by atoms with Gasteiger partial charge in [-0.3, -0.25) is 4.79 Å². The van der Waals surface area contributed by atoms with Gasteiger partial charge in [0.25, 0.3) is 0 Å². The Labute approximate surface area is 128 Å². The SMILES string of the molecule is O=C(COC(=O)c1ccc(O)c(O)c1)c1ccc(Br)cc1. The third-order valence-electron chi connectivity index (χ3n) is 2.71. The summed E-state index contributed by atoms with van der Waals surface area (Å²) in [5, 5.41) is 18.5. The summed E-state index contributed by atoms with van der Waals surface area (Å²) in [4.78, 5) is 23.6. The molecule has 0 saturated heterocycles. The van der Waals surface area contributed by atoms with Crippen LogP contribution in [-0.2, 0) is 4.74 Å². The maximum atomic E-state index is 11.8. The van der Waals surface area contributed by atoms with Gasteiger partial charge in [-0.05, 0) is 30.3 Å². The van der Waals surface area contributed by atoms with Gasteiger partial charge in [-0.15, -0.1) is 0 Å². The van der Waals surface area contributed by atoms with Crippen molar-refractivity contribution in [3.63, 3.8) is 0 Å². The highest BCUT2D eigenvalue weighted by atomic mass is 79.9. The van der Waals surface area contributed by atoms with E-state index in [2.05, 4.69) is 15.9 Å². The van der Waals surface area contributed by atoms with E-state index in [0.29, 0.717) is 5.56 Å². The lowest BCUT2D eigenvalue weighted by molar-refractivity contribution is 0.0474. The number of rotatable bonds is 4. The molecule has 0 bridgehead atoms. The molecule has 21 heavy (non-hydrogen) atoms. The monoisotopic (exact) mass is 350 g/mol. The molecular weight excluding hydrogens is 340 g/mol. The summed E-state index contributed by atoms with van der Waals surface area (Å²) in [5.74, 6) is -1.85. The Morgan fingerprint density at radius 3 is 2.19 bits per heavy atom. The van der Waals surface area contributed by atoms with Gasteiger partial charge in [0.15, 0.2) is 23.9 Å². The Morgan fingerprint density at radius 2 is 1.57 bits per heavy atom. The van der Waals surface area contributed by atoms with Gasteiger partial charge in [0.1, 0.15) is 0 Å². The predicted octanol–water partition coefficient (Wildman–Crippen LogP) is 2.90. The van der Waals surface area contributed by atoms with Crippen LogP contribution in [0.25, 0.3) is 0 Å². The first-order valence-corrected chi connectivity index (χ1v) is 6.74. The minimum atomic E-state index is -0.754. The van der Waals surface area contributed by atoms with Crippen molar-refractivity contribution in [1.29, 1.82) is 0 Å². The fourth-order valence-electron chi connectivity index (χ4n) is 1.58. The lowest BCUT2D eigenvalue weighted by Gasteiger charge is -2.05. The molecule has 0 aliphatic heterocycles. The molecule has 0 aliphatic carbocycles. The summed E-state index contributed by atoms with van der Waals surface area (Å²) in [5.41, 5.74) is 0.480. The second kappa shape index (κ2) is 6.41. The minimum absolute atomic E-state index is 0.0499. The molecule has 0 unspecified atom stereocenters. The predicted molar refractivity (Wildman–Crippen MR) is 78.5 cm³/mol. The van der Waals surface area contributed by atoms with E-state index >= 15 is 0 Å². The van der Waals surface area contributed by atoms with Crippen molar-refractivity contribution in [1.82, 2.24) is 0 Å². The largest absolute Gasteiger partial charge is 0.504 e. The van der Waals surface area contributed by atoms with E-state index in [-0.39, 0.29) is 17.1 Å². The summed E-state index contributed by atoms with van der Waals surface area (Å²) in [7, 11) is 0. The molecule has 0 heterocycles. The zero-order valence-electron chi connectivity index (χ0n) is 10.7. The topological polar surface area (TPSA) is 83.8 Å². The van der Waals surface area contributed by atoms with Crippen molar-refractivity contribution in [2.75, 3.05) is 6.61 Å². The lowest BCUT2D eigenvalue weighted by Crippen LogP contribution is -2.14. The number of ketones is 1. The molecule has 5 nitrogen and oxygen atoms in total. The molecule has 0 spiro atoms. The van der Waals surface area contributed by atoms with E-state index in [4.69, 9.17) is 9.84 Å². The smallest absolute Gasteiger partial charge is 0.338 e. The number of phenols is 2. The number of phenolic OH excluding ortho intramolecular Hbond substituents is 2. The highest BCUT2D eigenvalue weighted by Gasteiger charge is 2.13. The Kier molecular flexibility index (Phi) is 4.59. The van der Waals surface area contributed by atoms with Gasteiger partial charge >= 0.3 is 5.97 Å². The van der Waals surface area contributed by atoms with Crippen LogP contribution in [0.5, 0.6) is 11.5 Å². The highest BCUT2D eigenvalue weighted by Crippen LogP contribution is 2.25. The van der Waals surface area contributed by atoms with Crippen LogP contribution >= 0.6 is 15.9 Å². The molecule has 0 radical (unpaired) electrons. The first-order chi connectivity index (χ1) is 9.97. The number of hydrogen-bond acceptors (Lipinski definition) is 5. The molecule has 0 atom stereocenters. The first kappa shape index (κ1) is 15.1. The number of halogens is 1. The summed E-state index contributed by atoms with van der Waals surface area (Å²) >= 11 is 3.26. The van der Waals surface area contributed by atoms with E-state index in [1.807, 2.05) is 0 Å². The second-order valence-corrected chi connectivity index (χ2v) is 5.13. The number of benzene rings is 2. The van der Waals surface area contributed by atoms with Crippen molar-refractivity contribution >= 4 is 27.7 Å². The van der Waals surface area contributed by atoms with Crippen molar-refractivity contribution in [3.05, 3.63) is 58.1 Å². The van der Waals surface area contributed by atoms with E-state index in [0.717, 1.165) is 10.5 Å². The highest BCUT2D eigenvalue weighted by molar-refractivity contribution is 9.10. The van der Waals surface area contributed by atoms with Crippen LogP contribution in [0.15, 0.2) is 46.9 Å². The first-order valence-electron chi connectivity index (χ1n) is 5.95. The average Bonchev–Trinajstić information content (AvgIpc) is 2.48. The number of ether oxygens (including phenoxy) is 1. The van der Waals surface area contributed by atoms with Crippen molar-refractivity contribution in [2.24, 2.45) is 0 Å². The van der Waals surface area contributed by atoms with Crippen LogP contribution in [0.3, 0.4) is 0 Å². The van der Waals surface area contributed by atoms with Crippen molar-refractivity contribution in [2.45, 2.75) is 0 Å². The molecular formula is C15H11BrO5. The third-order valence-corrected chi connectivity index (χ3v) is 3.24. The fraction of sp³-hybridized carbons (Fsp3) is 0.0667. The molecule has 6 heteroatoms. The van der Waals surface area contributed by atoms with Crippen LogP contribution in [0, 0.1) is 0 Å². The van der Waals surface area contributed by atoms with Crippen molar-refractivity contribution in [3.8, 4) is 11.5 Å². The third kappa shape index (κ3) is 3.82. The summed E-state index contributed by atoms with van der Waals surface area (Å²) in [6.45, 7) is -0.401. The van der Waals surface area contributed by atoms with Gasteiger partial charge in [0.2, 0.25) is 0 Å². The van der Waals surface area contributed by atoms with Gasteiger partial charge in [-0.25, -0.2) is 4.79 Å². The maximum absolute atomic E-state index is 11.8. The molecule has 2 rings (SSSR count). The normalized spacial score (nSPS) is 10.1. The molecule has 0 saturated carbocycles. The zero-order chi connectivity index (χ0) is 15.4. The molecule has 2 N–H and O–H groups in total. The number of carbonyl (C=O) groups excluding carboxylic acids is 2. The fourth-order valence-corrected chi connectivity index (χ4v) is 1.85. The number of Topliss-reactive ketones (excluding diaryl/α,β-unsaturated/α-hetero) is 1. The number of esters is 1. The molecule has 0 fully saturated rings. The number of carbonyl (C=O) groups is 2. The van der Waals surface area contributed by atoms with Crippen LogP contribution in [0.4, 0.5) is 0 Å². The minimum Gasteiger partial charge on any atom is -0.504 e. The van der Waals surface area contributed by atoms with Gasteiger partial charge in [-0.1, -0.05) is 28.1 Å². The molecule has 0 aliphatic rings. The quantitative estimate of drug-likeness (QED) is 0.503. The standard InChI is InChI=1S/C15H11BrO5/c16-11-4-1-9(2-5-11)14(19)8-21-15(20)10-3-6-12(17)13(18)7-10/h1-7,17-18H,8H2. The molecule has 108 valence electrons. The Balaban J connectivity index is 1.98. The lowest BCUT2D eigenvalue weighted by atomic mass is 10.1. The van der Waals surface area contributed by atoms with Gasteiger partial charge in [0, 0.05) is 10.0 Å². The summed E-state index contributed by atoms with van der Waals surface area (Å²) in [6, 6.07) is 10.2. The Bertz CT molecular complexity index is 679. The zero-order valence-corrected chi connectivity index (χ0v) is 12.3. The maximum Gasteiger partial charge on any atom is 0.338 e. The summed E-state index contributed by atoms with van der Waals surface area (Å²) < 4.78 is 5.72. The van der Waals surface area contributed by atoms with Gasteiger partial charge < -0.3 is 14.9 Å². The molecule has 0 amide bonds. The summed E-state index contributed by atoms with van der Waals surface area (Å²) in [6.07, 6.45) is 0. The molecule has 2 aromatic rings. The number of hydrogen-bond donors (Lipinski definition) is 2. The number of aromatic hydroxyl groups is 2. The van der Waals surface area contributed by atoms with Gasteiger partial charge in [-0.2, -0.15) is 0 Å². The molecule has 0 aromatic heterocycles. The van der Waals surface area contributed by atoms with Crippen LogP contribution in [0.2, 0.25) is 0 Å². The molecule has 2 aromatic carbocycles. The van der Waals surface area contributed by atoms with Crippen molar-refractivity contribution < 1.29 is 24.5 Å². The Morgan fingerprint density at radius 1 is 0.952 bits per heavy atom. The van der Waals surface area contributed by atoms with E-state index in [1.165, 1.54) is 12.1 Å². The van der Waals surface area contributed by atoms with E-state index < -0.39 is 18.3 Å². The second-order valence-electron chi connectivity index (χ2n) is 4.21. The van der Waals surface area contributed by atoms with Crippen LogP contribution < -0.4 is 0 Å². The Hall–Kier alpha value is -2.34. The van der Waals surface area contributed by atoms with E-state index in [1.54, 1.807) is 24.3 Å². The van der Waals surface area contributed by atoms with Crippen LogP contribution in [0.1, 0.15) is 20.7 Å². The van der Waals surface area contributed by atoms with E-state index in [9.17, 15) is 14.7 Å².